The summed E-state index contributed by atoms with van der Waals surface area (Å²) in [4.78, 5) is 0. The van der Waals surface area contributed by atoms with E-state index in [1.54, 1.807) is 12.1 Å². The number of nitrogens with two attached hydrogens (primary N) is 1. The summed E-state index contributed by atoms with van der Waals surface area (Å²) in [5, 5.41) is 5.15. The van der Waals surface area contributed by atoms with Crippen LogP contribution in [0.15, 0.2) is 24.3 Å². The predicted molar refractivity (Wildman–Crippen MR) is 70.8 cm³/mol. The topological polar surface area (TPSA) is 69.4 Å². The maximum atomic E-state index is 13.0. The molecule has 1 aliphatic carbocycles. The van der Waals surface area contributed by atoms with E-state index in [0.717, 1.165) is 25.7 Å². The van der Waals surface area contributed by atoms with Crippen LogP contribution < -0.4 is 9.88 Å². The smallest absolute Gasteiger partial charge is 0.209 e. The van der Waals surface area contributed by atoms with Crippen molar-refractivity contribution in [3.05, 3.63) is 30.1 Å². The van der Waals surface area contributed by atoms with E-state index < -0.39 is 15.4 Å². The monoisotopic (exact) mass is 287 g/mol. The van der Waals surface area contributed by atoms with Crippen molar-refractivity contribution in [2.75, 3.05) is 12.4 Å². The van der Waals surface area contributed by atoms with Crippen molar-refractivity contribution in [2.24, 2.45) is 10.6 Å². The molecule has 0 atom stereocenters. The molecule has 0 unspecified atom stereocenters. The molecule has 0 amide bonds. The Hall–Kier alpha value is -1.14. The van der Waals surface area contributed by atoms with Crippen molar-refractivity contribution in [3.8, 4) is 5.75 Å². The van der Waals surface area contributed by atoms with Crippen LogP contribution >= 0.6 is 0 Å². The zero-order valence-electron chi connectivity index (χ0n) is 10.6. The van der Waals surface area contributed by atoms with E-state index in [9.17, 15) is 12.8 Å². The first-order chi connectivity index (χ1) is 8.89. The van der Waals surface area contributed by atoms with Gasteiger partial charge >= 0.3 is 0 Å². The van der Waals surface area contributed by atoms with Crippen LogP contribution in [0.25, 0.3) is 0 Å². The van der Waals surface area contributed by atoms with Gasteiger partial charge in [0.1, 0.15) is 11.6 Å². The Morgan fingerprint density at radius 3 is 2.58 bits per heavy atom. The molecule has 0 heterocycles. The maximum Gasteiger partial charge on any atom is 0.209 e. The lowest BCUT2D eigenvalue weighted by molar-refractivity contribution is 0.170. The van der Waals surface area contributed by atoms with Crippen LogP contribution in [0.1, 0.15) is 25.7 Å². The molecule has 0 radical (unpaired) electrons. The van der Waals surface area contributed by atoms with Gasteiger partial charge in [-0.25, -0.2) is 17.9 Å². The maximum absolute atomic E-state index is 13.0. The zero-order chi connectivity index (χ0) is 13.9. The lowest BCUT2D eigenvalue weighted by atomic mass is 9.90. The van der Waals surface area contributed by atoms with Crippen LogP contribution in [0.2, 0.25) is 0 Å². The van der Waals surface area contributed by atoms with Crippen molar-refractivity contribution >= 4 is 10.0 Å². The molecule has 1 fully saturated rings. The molecule has 1 aromatic carbocycles. The van der Waals surface area contributed by atoms with Gasteiger partial charge in [0.25, 0.3) is 0 Å². The Kier molecular flexibility index (Phi) is 4.10. The molecule has 0 spiro atoms. The van der Waals surface area contributed by atoms with E-state index in [2.05, 4.69) is 0 Å². The number of sulfonamides is 1. The average Bonchev–Trinajstić information content (AvgIpc) is 2.73. The van der Waals surface area contributed by atoms with Gasteiger partial charge in [0.15, 0.2) is 0 Å². The van der Waals surface area contributed by atoms with Gasteiger partial charge in [-0.05, 0) is 25.0 Å². The second-order valence-electron chi connectivity index (χ2n) is 5.26. The van der Waals surface area contributed by atoms with Gasteiger partial charge in [0, 0.05) is 11.5 Å². The normalized spacial score (nSPS) is 18.4. The molecule has 0 aromatic heterocycles. The molecule has 2 N–H and O–H groups in total. The Morgan fingerprint density at radius 1 is 1.32 bits per heavy atom. The Balaban J connectivity index is 2.05. The van der Waals surface area contributed by atoms with Crippen LogP contribution in [0.5, 0.6) is 5.75 Å². The van der Waals surface area contributed by atoms with Crippen LogP contribution in [0, 0.1) is 11.2 Å². The highest BCUT2D eigenvalue weighted by molar-refractivity contribution is 7.89. The summed E-state index contributed by atoms with van der Waals surface area (Å²) in [7, 11) is -3.53. The third-order valence-corrected chi connectivity index (χ3v) is 4.53. The standard InChI is InChI=1S/C13H18FNO3S/c14-11-4-3-5-12(8-11)18-9-13(6-1-2-7-13)10-19(15,16)17/h3-5,8H,1-2,6-7,9-10H2,(H2,15,16,17). The number of halogens is 1. The number of rotatable bonds is 5. The molecule has 19 heavy (non-hydrogen) atoms. The van der Waals surface area contributed by atoms with Gasteiger partial charge in [-0.2, -0.15) is 0 Å². The van der Waals surface area contributed by atoms with Gasteiger partial charge in [0.2, 0.25) is 10.0 Å². The molecular weight excluding hydrogens is 269 g/mol. The number of ether oxygens (including phenoxy) is 1. The summed E-state index contributed by atoms with van der Waals surface area (Å²) in [5.41, 5.74) is -0.431. The van der Waals surface area contributed by atoms with E-state index in [1.807, 2.05) is 0 Å². The molecular formula is C13H18FNO3S. The molecule has 2 rings (SSSR count). The van der Waals surface area contributed by atoms with E-state index >= 15 is 0 Å². The minimum absolute atomic E-state index is 0.0741. The van der Waals surface area contributed by atoms with E-state index in [0.29, 0.717) is 5.75 Å². The number of primary sulfonamides is 1. The van der Waals surface area contributed by atoms with Crippen molar-refractivity contribution in [1.29, 1.82) is 0 Å². The van der Waals surface area contributed by atoms with Gasteiger partial charge in [-0.15, -0.1) is 0 Å². The van der Waals surface area contributed by atoms with Crippen LogP contribution in [-0.4, -0.2) is 20.8 Å². The summed E-state index contributed by atoms with van der Waals surface area (Å²) in [6, 6.07) is 5.84. The average molecular weight is 287 g/mol. The van der Waals surface area contributed by atoms with Crippen molar-refractivity contribution in [1.82, 2.24) is 0 Å². The molecule has 4 nitrogen and oxygen atoms in total. The van der Waals surface area contributed by atoms with E-state index in [1.165, 1.54) is 12.1 Å². The molecule has 0 aliphatic heterocycles. The van der Waals surface area contributed by atoms with Crippen LogP contribution in [-0.2, 0) is 10.0 Å². The third-order valence-electron chi connectivity index (χ3n) is 3.51. The second kappa shape index (κ2) is 5.46. The number of hydrogen-bond acceptors (Lipinski definition) is 3. The molecule has 0 bridgehead atoms. The second-order valence-corrected chi connectivity index (χ2v) is 6.87. The van der Waals surface area contributed by atoms with E-state index in [4.69, 9.17) is 9.88 Å². The summed E-state index contributed by atoms with van der Waals surface area (Å²) in [5.74, 6) is -0.0277. The Labute approximate surface area is 112 Å². The molecule has 6 heteroatoms. The SMILES string of the molecule is NS(=O)(=O)CC1(COc2cccc(F)c2)CCCC1. The van der Waals surface area contributed by atoms with Crippen molar-refractivity contribution in [3.63, 3.8) is 0 Å². The first kappa shape index (κ1) is 14.3. The van der Waals surface area contributed by atoms with Gasteiger partial charge in [-0.1, -0.05) is 18.9 Å². The highest BCUT2D eigenvalue weighted by Crippen LogP contribution is 2.39. The van der Waals surface area contributed by atoms with Crippen LogP contribution in [0.4, 0.5) is 4.39 Å². The predicted octanol–water partition coefficient (Wildman–Crippen LogP) is 2.05. The first-order valence-electron chi connectivity index (χ1n) is 6.28. The highest BCUT2D eigenvalue weighted by atomic mass is 32.2. The van der Waals surface area contributed by atoms with E-state index in [-0.39, 0.29) is 18.2 Å². The van der Waals surface area contributed by atoms with Crippen LogP contribution in [0.3, 0.4) is 0 Å². The fourth-order valence-corrected chi connectivity index (χ4v) is 3.90. The summed E-state index contributed by atoms with van der Waals surface area (Å²) >= 11 is 0. The lowest BCUT2D eigenvalue weighted by Gasteiger charge is -2.27. The van der Waals surface area contributed by atoms with Crippen molar-refractivity contribution in [2.45, 2.75) is 25.7 Å². The molecule has 1 aromatic rings. The Bertz CT molecular complexity index is 539. The summed E-state index contributed by atoms with van der Waals surface area (Å²) in [6.45, 7) is 0.257. The fraction of sp³-hybridized carbons (Fsp3) is 0.538. The highest BCUT2D eigenvalue weighted by Gasteiger charge is 2.38. The molecule has 106 valence electrons. The first-order valence-corrected chi connectivity index (χ1v) is 7.99. The summed E-state index contributed by atoms with van der Waals surface area (Å²) in [6.07, 6.45) is 3.50. The molecule has 0 saturated heterocycles. The molecule has 1 saturated carbocycles. The summed E-state index contributed by atoms with van der Waals surface area (Å²) < 4.78 is 41.2. The lowest BCUT2D eigenvalue weighted by Crippen LogP contribution is -2.36. The molecule has 1 aliphatic rings. The minimum Gasteiger partial charge on any atom is -0.493 e. The largest absolute Gasteiger partial charge is 0.493 e. The number of hydrogen-bond donors (Lipinski definition) is 1. The zero-order valence-corrected chi connectivity index (χ0v) is 11.5. The third kappa shape index (κ3) is 4.18. The Morgan fingerprint density at radius 2 is 2.00 bits per heavy atom. The van der Waals surface area contributed by atoms with Gasteiger partial charge < -0.3 is 4.74 Å². The minimum atomic E-state index is -3.53. The quantitative estimate of drug-likeness (QED) is 0.901. The van der Waals surface area contributed by atoms with Crippen molar-refractivity contribution < 1.29 is 17.5 Å². The van der Waals surface area contributed by atoms with Gasteiger partial charge in [-0.3, -0.25) is 0 Å². The number of benzene rings is 1. The van der Waals surface area contributed by atoms with Gasteiger partial charge in [0.05, 0.1) is 12.4 Å². The fourth-order valence-electron chi connectivity index (χ4n) is 2.68.